The molecule has 1 saturated heterocycles. The summed E-state index contributed by atoms with van der Waals surface area (Å²) in [6, 6.07) is 6.37. The summed E-state index contributed by atoms with van der Waals surface area (Å²) in [7, 11) is -4.17. The Labute approximate surface area is 148 Å². The second-order valence-corrected chi connectivity index (χ2v) is 7.90. The van der Waals surface area contributed by atoms with Crippen molar-refractivity contribution in [3.8, 4) is 0 Å². The summed E-state index contributed by atoms with van der Waals surface area (Å²) in [5, 5.41) is 11.3. The van der Waals surface area contributed by atoms with E-state index >= 15 is 0 Å². The van der Waals surface area contributed by atoms with Gasteiger partial charge in [0.2, 0.25) is 5.91 Å². The molecule has 1 aliphatic heterocycles. The van der Waals surface area contributed by atoms with Crippen LogP contribution in [-0.2, 0) is 24.1 Å². The lowest BCUT2D eigenvalue weighted by Gasteiger charge is -2.34. The van der Waals surface area contributed by atoms with Crippen molar-refractivity contribution in [3.63, 3.8) is 0 Å². The Morgan fingerprint density at radius 1 is 1.38 bits per heavy atom. The number of amides is 1. The number of halogens is 1. The van der Waals surface area contributed by atoms with E-state index in [2.05, 4.69) is 20.7 Å². The molecule has 0 spiro atoms. The lowest BCUT2D eigenvalue weighted by Crippen LogP contribution is -2.56. The van der Waals surface area contributed by atoms with Gasteiger partial charge >= 0.3 is 10.3 Å². The van der Waals surface area contributed by atoms with Crippen LogP contribution in [0.2, 0.25) is 0 Å². The molecule has 1 aromatic rings. The maximum absolute atomic E-state index is 12.1. The van der Waals surface area contributed by atoms with Crippen LogP contribution in [-0.4, -0.2) is 43.4 Å². The molecule has 1 fully saturated rings. The molecular formula is C14H16BrN2O6S-. The molecule has 132 valence electrons. The third-order valence-corrected chi connectivity index (χ3v) is 5.32. The molecular weight excluding hydrogens is 404 g/mol. The van der Waals surface area contributed by atoms with Gasteiger partial charge in [0.05, 0.1) is 23.3 Å². The standard InChI is InChI=1S/C14H17BrN2O6S/c1-9(18)17-8-12(7-14(17,2)13(19)20)23-24(21,22)16-11-5-3-10(15)4-6-11/h3-6,12,16H,7-8H2,1-2H3,(H,19,20)/p-1. The monoisotopic (exact) mass is 419 g/mol. The fraction of sp³-hybridized carbons (Fsp3) is 0.429. The van der Waals surface area contributed by atoms with Gasteiger partial charge in [-0.2, -0.15) is 8.42 Å². The van der Waals surface area contributed by atoms with Crippen LogP contribution >= 0.6 is 15.9 Å². The highest BCUT2D eigenvalue weighted by Gasteiger charge is 2.46. The van der Waals surface area contributed by atoms with Crippen molar-refractivity contribution in [2.75, 3.05) is 11.3 Å². The molecule has 1 aliphatic rings. The Bertz CT molecular complexity index is 751. The molecule has 1 N–H and O–H groups in total. The van der Waals surface area contributed by atoms with Crippen LogP contribution in [0.25, 0.3) is 0 Å². The molecule has 24 heavy (non-hydrogen) atoms. The van der Waals surface area contributed by atoms with Crippen molar-refractivity contribution >= 4 is 43.8 Å². The van der Waals surface area contributed by atoms with Gasteiger partial charge in [0, 0.05) is 24.4 Å². The first-order valence-corrected chi connectivity index (χ1v) is 9.20. The minimum absolute atomic E-state index is 0.152. The van der Waals surface area contributed by atoms with Gasteiger partial charge < -0.3 is 14.8 Å². The Balaban J connectivity index is 2.11. The highest BCUT2D eigenvalue weighted by atomic mass is 79.9. The number of hydrogen-bond acceptors (Lipinski definition) is 6. The van der Waals surface area contributed by atoms with Gasteiger partial charge in [-0.15, -0.1) is 0 Å². The maximum atomic E-state index is 12.1. The van der Waals surface area contributed by atoms with Crippen LogP contribution in [0.5, 0.6) is 0 Å². The highest BCUT2D eigenvalue weighted by molar-refractivity contribution is 9.10. The summed E-state index contributed by atoms with van der Waals surface area (Å²) in [6.45, 7) is 2.36. The fourth-order valence-corrected chi connectivity index (χ4v) is 3.85. The number of nitrogens with one attached hydrogen (secondary N) is 1. The topological polar surface area (TPSA) is 116 Å². The number of hydrogen-bond donors (Lipinski definition) is 1. The summed E-state index contributed by atoms with van der Waals surface area (Å²) in [6.07, 6.45) is -1.17. The molecule has 0 radical (unpaired) electrons. The number of carboxylic acid groups (broad SMARTS) is 1. The van der Waals surface area contributed by atoms with Crippen LogP contribution in [0.15, 0.2) is 28.7 Å². The average molecular weight is 420 g/mol. The van der Waals surface area contributed by atoms with Crippen LogP contribution in [0.1, 0.15) is 20.3 Å². The fourth-order valence-electron chi connectivity index (χ4n) is 2.62. The average Bonchev–Trinajstić information content (AvgIpc) is 2.78. The zero-order valence-electron chi connectivity index (χ0n) is 13.0. The van der Waals surface area contributed by atoms with Crippen LogP contribution < -0.4 is 9.83 Å². The molecule has 2 rings (SSSR count). The first kappa shape index (κ1) is 18.7. The summed E-state index contributed by atoms with van der Waals surface area (Å²) >= 11 is 3.23. The number of aliphatic carboxylic acids is 1. The van der Waals surface area contributed by atoms with Gasteiger partial charge in [-0.05, 0) is 31.2 Å². The van der Waals surface area contributed by atoms with Crippen LogP contribution in [0, 0.1) is 0 Å². The number of rotatable bonds is 5. The maximum Gasteiger partial charge on any atom is 0.360 e. The molecule has 10 heteroatoms. The number of carbonyl (C=O) groups excluding carboxylic acids is 2. The van der Waals surface area contributed by atoms with E-state index in [0.29, 0.717) is 5.69 Å². The first-order chi connectivity index (χ1) is 11.0. The summed E-state index contributed by atoms with van der Waals surface area (Å²) < 4.78 is 32.2. The van der Waals surface area contributed by atoms with E-state index in [4.69, 9.17) is 4.18 Å². The normalized spacial score (nSPS) is 24.0. The number of carboxylic acids is 1. The Morgan fingerprint density at radius 2 is 1.96 bits per heavy atom. The summed E-state index contributed by atoms with van der Waals surface area (Å²) in [5.41, 5.74) is -1.31. The largest absolute Gasteiger partial charge is 0.548 e. The van der Waals surface area contributed by atoms with Crippen molar-refractivity contribution in [2.24, 2.45) is 0 Å². The Kier molecular flexibility index (Phi) is 5.21. The highest BCUT2D eigenvalue weighted by Crippen LogP contribution is 2.31. The molecule has 1 heterocycles. The molecule has 0 saturated carbocycles. The molecule has 2 unspecified atom stereocenters. The number of nitrogens with zero attached hydrogens (tertiary/aromatic N) is 1. The van der Waals surface area contributed by atoms with Gasteiger partial charge in [0.1, 0.15) is 0 Å². The molecule has 2 atom stereocenters. The van der Waals surface area contributed by atoms with Gasteiger partial charge in [-0.3, -0.25) is 9.52 Å². The third-order valence-electron chi connectivity index (χ3n) is 3.78. The van der Waals surface area contributed by atoms with E-state index in [1.54, 1.807) is 12.1 Å². The molecule has 0 bridgehead atoms. The summed E-state index contributed by atoms with van der Waals surface area (Å²) in [5.74, 6) is -1.95. The van der Waals surface area contributed by atoms with E-state index in [9.17, 15) is 23.1 Å². The van der Waals surface area contributed by atoms with Gasteiger partial charge in [0.25, 0.3) is 0 Å². The lowest BCUT2D eigenvalue weighted by molar-refractivity contribution is -0.317. The quantitative estimate of drug-likeness (QED) is 0.730. The van der Waals surface area contributed by atoms with Crippen molar-refractivity contribution in [2.45, 2.75) is 31.9 Å². The van der Waals surface area contributed by atoms with Crippen molar-refractivity contribution in [1.82, 2.24) is 4.90 Å². The number of carbonyl (C=O) groups is 2. The van der Waals surface area contributed by atoms with Gasteiger partial charge in [-0.25, -0.2) is 4.18 Å². The molecule has 0 aliphatic carbocycles. The van der Waals surface area contributed by atoms with E-state index < -0.39 is 33.8 Å². The number of likely N-dealkylation sites (tertiary alicyclic amines) is 1. The predicted molar refractivity (Wildman–Crippen MR) is 87.0 cm³/mol. The van der Waals surface area contributed by atoms with Crippen molar-refractivity contribution in [3.05, 3.63) is 28.7 Å². The Hall–Kier alpha value is -1.65. The zero-order chi connectivity index (χ0) is 18.1. The SMILES string of the molecule is CC(=O)N1CC(OS(=O)(=O)Nc2ccc(Br)cc2)CC1(C)C(=O)[O-]. The Morgan fingerprint density at radius 3 is 2.42 bits per heavy atom. The lowest BCUT2D eigenvalue weighted by atomic mass is 9.98. The minimum Gasteiger partial charge on any atom is -0.548 e. The summed E-state index contributed by atoms with van der Waals surface area (Å²) in [4.78, 5) is 24.0. The second kappa shape index (κ2) is 6.69. The molecule has 1 aromatic carbocycles. The van der Waals surface area contributed by atoms with Gasteiger partial charge in [0.15, 0.2) is 0 Å². The molecule has 0 aromatic heterocycles. The predicted octanol–water partition coefficient (Wildman–Crippen LogP) is 0.252. The van der Waals surface area contributed by atoms with E-state index in [-0.39, 0.29) is 13.0 Å². The minimum atomic E-state index is -4.17. The van der Waals surface area contributed by atoms with Crippen LogP contribution in [0.3, 0.4) is 0 Å². The van der Waals surface area contributed by atoms with Crippen molar-refractivity contribution in [1.29, 1.82) is 0 Å². The van der Waals surface area contributed by atoms with E-state index in [1.807, 2.05) is 0 Å². The first-order valence-electron chi connectivity index (χ1n) is 7.00. The molecule has 1 amide bonds. The smallest absolute Gasteiger partial charge is 0.360 e. The number of benzene rings is 1. The van der Waals surface area contributed by atoms with Crippen LogP contribution in [0.4, 0.5) is 5.69 Å². The number of anilines is 1. The second-order valence-electron chi connectivity index (χ2n) is 5.68. The van der Waals surface area contributed by atoms with Crippen molar-refractivity contribution < 1.29 is 27.3 Å². The third kappa shape index (κ3) is 4.05. The van der Waals surface area contributed by atoms with E-state index in [1.165, 1.54) is 26.0 Å². The van der Waals surface area contributed by atoms with E-state index in [0.717, 1.165) is 9.37 Å². The van der Waals surface area contributed by atoms with Gasteiger partial charge in [-0.1, -0.05) is 15.9 Å². The zero-order valence-corrected chi connectivity index (χ0v) is 15.4. The molecule has 8 nitrogen and oxygen atoms in total.